The molecule has 0 amide bonds. The fourth-order valence-electron chi connectivity index (χ4n) is 1.41. The molecule has 0 atom stereocenters. The second-order valence-electron chi connectivity index (χ2n) is 3.35. The number of hydrogen-bond donors (Lipinski definition) is 0. The topological polar surface area (TPSA) is 17.8 Å². The normalized spacial score (nSPS) is 10.6. The standard InChI is InChI=1S/C11H10ClFN2/c1-8-14-4-5-15(8)7-9-2-3-11(13)10(12)6-9/h2-6H,7H2,1H3. The highest BCUT2D eigenvalue weighted by molar-refractivity contribution is 6.30. The quantitative estimate of drug-likeness (QED) is 0.767. The van der Waals surface area contributed by atoms with Crippen molar-refractivity contribution in [2.45, 2.75) is 13.5 Å². The maximum atomic E-state index is 12.9. The van der Waals surface area contributed by atoms with E-state index in [0.29, 0.717) is 6.54 Å². The van der Waals surface area contributed by atoms with Crippen molar-refractivity contribution in [2.24, 2.45) is 0 Å². The van der Waals surface area contributed by atoms with Crippen LogP contribution in [0, 0.1) is 12.7 Å². The molecule has 2 nitrogen and oxygen atoms in total. The summed E-state index contributed by atoms with van der Waals surface area (Å²) in [7, 11) is 0. The van der Waals surface area contributed by atoms with E-state index in [0.717, 1.165) is 11.4 Å². The first-order valence-corrected chi connectivity index (χ1v) is 4.96. The Morgan fingerprint density at radius 3 is 2.87 bits per heavy atom. The lowest BCUT2D eigenvalue weighted by Crippen LogP contribution is -2.00. The third kappa shape index (κ3) is 2.18. The van der Waals surface area contributed by atoms with Crippen molar-refractivity contribution < 1.29 is 4.39 Å². The highest BCUT2D eigenvalue weighted by atomic mass is 35.5. The molecule has 0 unspecified atom stereocenters. The number of benzene rings is 1. The van der Waals surface area contributed by atoms with Gasteiger partial charge < -0.3 is 4.57 Å². The highest BCUT2D eigenvalue weighted by Gasteiger charge is 2.02. The van der Waals surface area contributed by atoms with Gasteiger partial charge in [-0.25, -0.2) is 9.37 Å². The van der Waals surface area contributed by atoms with Crippen molar-refractivity contribution in [2.75, 3.05) is 0 Å². The van der Waals surface area contributed by atoms with E-state index in [1.807, 2.05) is 17.7 Å². The molecule has 2 rings (SSSR count). The van der Waals surface area contributed by atoms with Gasteiger partial charge in [-0.05, 0) is 24.6 Å². The summed E-state index contributed by atoms with van der Waals surface area (Å²) in [5.74, 6) is 0.540. The van der Waals surface area contributed by atoms with Crippen molar-refractivity contribution in [3.05, 3.63) is 52.8 Å². The van der Waals surface area contributed by atoms with Crippen LogP contribution in [0.4, 0.5) is 4.39 Å². The molecular weight excluding hydrogens is 215 g/mol. The zero-order valence-corrected chi connectivity index (χ0v) is 9.00. The second kappa shape index (κ2) is 4.03. The van der Waals surface area contributed by atoms with E-state index in [9.17, 15) is 4.39 Å². The molecule has 0 fully saturated rings. The number of aromatic nitrogens is 2. The molecule has 0 saturated heterocycles. The Hall–Kier alpha value is -1.35. The summed E-state index contributed by atoms with van der Waals surface area (Å²) in [5.41, 5.74) is 0.961. The Morgan fingerprint density at radius 1 is 1.47 bits per heavy atom. The fourth-order valence-corrected chi connectivity index (χ4v) is 1.61. The summed E-state index contributed by atoms with van der Waals surface area (Å²) in [5, 5.41) is 0.158. The molecule has 0 spiro atoms. The molecular formula is C11H10ClFN2. The SMILES string of the molecule is Cc1nccn1Cc1ccc(F)c(Cl)c1. The largest absolute Gasteiger partial charge is 0.331 e. The zero-order chi connectivity index (χ0) is 10.8. The van der Waals surface area contributed by atoms with E-state index in [1.165, 1.54) is 6.07 Å². The van der Waals surface area contributed by atoms with E-state index in [2.05, 4.69) is 4.98 Å². The van der Waals surface area contributed by atoms with Crippen molar-refractivity contribution >= 4 is 11.6 Å². The summed E-state index contributed by atoms with van der Waals surface area (Å²) < 4.78 is 14.9. The van der Waals surface area contributed by atoms with Crippen LogP contribution in [0.15, 0.2) is 30.6 Å². The Balaban J connectivity index is 2.25. The van der Waals surface area contributed by atoms with E-state index in [1.54, 1.807) is 18.3 Å². The van der Waals surface area contributed by atoms with Crippen LogP contribution in [0.3, 0.4) is 0 Å². The molecule has 0 saturated carbocycles. The Morgan fingerprint density at radius 2 is 2.27 bits per heavy atom. The van der Waals surface area contributed by atoms with Gasteiger partial charge in [-0.15, -0.1) is 0 Å². The Labute approximate surface area is 92.3 Å². The first-order chi connectivity index (χ1) is 7.16. The summed E-state index contributed by atoms with van der Waals surface area (Å²) in [6.45, 7) is 2.58. The lowest BCUT2D eigenvalue weighted by atomic mass is 10.2. The summed E-state index contributed by atoms with van der Waals surface area (Å²) in [6, 6.07) is 4.74. The van der Waals surface area contributed by atoms with Crippen molar-refractivity contribution in [1.29, 1.82) is 0 Å². The smallest absolute Gasteiger partial charge is 0.141 e. The molecule has 0 aliphatic rings. The maximum Gasteiger partial charge on any atom is 0.141 e. The number of nitrogens with zero attached hydrogens (tertiary/aromatic N) is 2. The van der Waals surface area contributed by atoms with Crippen LogP contribution in [0.1, 0.15) is 11.4 Å². The third-order valence-electron chi connectivity index (χ3n) is 2.26. The molecule has 1 aromatic carbocycles. The van der Waals surface area contributed by atoms with Gasteiger partial charge in [0.1, 0.15) is 11.6 Å². The molecule has 0 aliphatic heterocycles. The van der Waals surface area contributed by atoms with Crippen molar-refractivity contribution in [3.8, 4) is 0 Å². The fraction of sp³-hybridized carbons (Fsp3) is 0.182. The van der Waals surface area contributed by atoms with Gasteiger partial charge >= 0.3 is 0 Å². The molecule has 2 aromatic rings. The Bertz CT molecular complexity index is 479. The molecule has 15 heavy (non-hydrogen) atoms. The van der Waals surface area contributed by atoms with Crippen LogP contribution in [-0.4, -0.2) is 9.55 Å². The minimum absolute atomic E-state index is 0.158. The first-order valence-electron chi connectivity index (χ1n) is 4.58. The molecule has 0 N–H and O–H groups in total. The lowest BCUT2D eigenvalue weighted by Gasteiger charge is -2.05. The average Bonchev–Trinajstić information content (AvgIpc) is 2.59. The summed E-state index contributed by atoms with van der Waals surface area (Å²) in [4.78, 5) is 4.11. The minimum Gasteiger partial charge on any atom is -0.331 e. The minimum atomic E-state index is -0.386. The number of aryl methyl sites for hydroxylation is 1. The predicted octanol–water partition coefficient (Wildman–Crippen LogP) is 3.03. The molecule has 0 bridgehead atoms. The van der Waals surface area contributed by atoms with Gasteiger partial charge in [0.25, 0.3) is 0 Å². The lowest BCUT2D eigenvalue weighted by molar-refractivity contribution is 0.626. The van der Waals surface area contributed by atoms with Crippen LogP contribution in [0.25, 0.3) is 0 Å². The van der Waals surface area contributed by atoms with Crippen LogP contribution in [-0.2, 0) is 6.54 Å². The van der Waals surface area contributed by atoms with Crippen LogP contribution in [0.2, 0.25) is 5.02 Å². The first kappa shape index (κ1) is 10.2. The van der Waals surface area contributed by atoms with Crippen molar-refractivity contribution in [1.82, 2.24) is 9.55 Å². The molecule has 1 heterocycles. The van der Waals surface area contributed by atoms with E-state index in [-0.39, 0.29) is 10.8 Å². The molecule has 78 valence electrons. The average molecular weight is 225 g/mol. The van der Waals surface area contributed by atoms with Crippen LogP contribution in [0.5, 0.6) is 0 Å². The monoisotopic (exact) mass is 224 g/mol. The zero-order valence-electron chi connectivity index (χ0n) is 8.24. The van der Waals surface area contributed by atoms with E-state index >= 15 is 0 Å². The number of halogens is 2. The summed E-state index contributed by atoms with van der Waals surface area (Å²) in [6.07, 6.45) is 3.62. The maximum absolute atomic E-state index is 12.9. The highest BCUT2D eigenvalue weighted by Crippen LogP contribution is 2.16. The molecule has 4 heteroatoms. The van der Waals surface area contributed by atoms with Gasteiger partial charge in [0, 0.05) is 18.9 Å². The second-order valence-corrected chi connectivity index (χ2v) is 3.76. The number of hydrogen-bond acceptors (Lipinski definition) is 1. The van der Waals surface area contributed by atoms with E-state index in [4.69, 9.17) is 11.6 Å². The van der Waals surface area contributed by atoms with Crippen LogP contribution >= 0.6 is 11.6 Å². The Kier molecular flexibility index (Phi) is 2.73. The van der Waals surface area contributed by atoms with Gasteiger partial charge in [0.15, 0.2) is 0 Å². The number of imidazole rings is 1. The predicted molar refractivity (Wildman–Crippen MR) is 57.5 cm³/mol. The van der Waals surface area contributed by atoms with Gasteiger partial charge in [-0.2, -0.15) is 0 Å². The van der Waals surface area contributed by atoms with Gasteiger partial charge in [-0.3, -0.25) is 0 Å². The summed E-state index contributed by atoms with van der Waals surface area (Å²) >= 11 is 5.69. The molecule has 0 aliphatic carbocycles. The number of rotatable bonds is 2. The van der Waals surface area contributed by atoms with Gasteiger partial charge in [0.2, 0.25) is 0 Å². The van der Waals surface area contributed by atoms with Crippen LogP contribution < -0.4 is 0 Å². The molecule has 0 radical (unpaired) electrons. The van der Waals surface area contributed by atoms with Gasteiger partial charge in [0.05, 0.1) is 5.02 Å². The van der Waals surface area contributed by atoms with E-state index < -0.39 is 0 Å². The molecule has 1 aromatic heterocycles. The third-order valence-corrected chi connectivity index (χ3v) is 2.55. The van der Waals surface area contributed by atoms with Gasteiger partial charge in [-0.1, -0.05) is 17.7 Å². The van der Waals surface area contributed by atoms with Crippen molar-refractivity contribution in [3.63, 3.8) is 0 Å².